The van der Waals surface area contributed by atoms with Gasteiger partial charge in [-0.1, -0.05) is 67.6 Å². The van der Waals surface area contributed by atoms with Crippen molar-refractivity contribution in [3.05, 3.63) is 106 Å². The van der Waals surface area contributed by atoms with Gasteiger partial charge in [-0.15, -0.1) is 45.3 Å². The summed E-state index contributed by atoms with van der Waals surface area (Å²) in [7, 11) is 0. The molecule has 7 rings (SSSR count). The Bertz CT molecular complexity index is 2230. The van der Waals surface area contributed by atoms with Crippen molar-refractivity contribution in [1.82, 2.24) is 0 Å². The molecule has 0 radical (unpaired) electrons. The molecule has 3 aromatic carbocycles. The van der Waals surface area contributed by atoms with Crippen molar-refractivity contribution in [1.29, 1.82) is 0 Å². The lowest BCUT2D eigenvalue weighted by Gasteiger charge is -2.17. The van der Waals surface area contributed by atoms with E-state index in [0.29, 0.717) is 19.3 Å². The quantitative estimate of drug-likeness (QED) is 0.125. The van der Waals surface area contributed by atoms with Crippen molar-refractivity contribution in [2.24, 2.45) is 0 Å². The maximum Gasteiger partial charge on any atom is 0.389 e. The Morgan fingerprint density at radius 3 is 1.54 bits per heavy atom. The summed E-state index contributed by atoms with van der Waals surface area (Å²) in [4.78, 5) is 26.7. The van der Waals surface area contributed by atoms with Crippen molar-refractivity contribution in [3.63, 3.8) is 0 Å². The van der Waals surface area contributed by atoms with E-state index in [4.69, 9.17) is 9.47 Å². The lowest BCUT2D eigenvalue weighted by atomic mass is 10.1. The minimum Gasteiger partial charge on any atom is -0.456 e. The smallest absolute Gasteiger partial charge is 0.389 e. The Balaban J connectivity index is 1.21. The third-order valence-corrected chi connectivity index (χ3v) is 13.0. The molecule has 0 aliphatic carbocycles. The standard InChI is InChI=1S/C37H29F3O4S4/c1-2-33(41)43-25(15-21-9-5-3-6-10-21)29-19-31-35(47-29)23-17-28-24(18-27(23)45-31)36-32(46-28)20-30(48-36)26(16-22-11-7-4-8-12-22)44-34(42)13-14-37(38,39)40/h3-12,17-20,25-26H,2,13-16H2,1H3. The fourth-order valence-electron chi connectivity index (χ4n) is 5.71. The van der Waals surface area contributed by atoms with Gasteiger partial charge in [-0.2, -0.15) is 13.2 Å². The van der Waals surface area contributed by atoms with Crippen LogP contribution < -0.4 is 0 Å². The van der Waals surface area contributed by atoms with Crippen LogP contribution in [0.1, 0.15) is 59.3 Å². The molecule has 48 heavy (non-hydrogen) atoms. The average Bonchev–Trinajstić information content (AvgIpc) is 3.82. The van der Waals surface area contributed by atoms with Crippen LogP contribution in [0.15, 0.2) is 84.9 Å². The SMILES string of the molecule is CCC(=O)OC(Cc1ccccc1)c1cc2sc3cc4c(cc3c2s1)sc1cc(C(Cc2ccccc2)OC(=O)CCC(F)(F)F)sc14. The molecule has 0 saturated carbocycles. The molecule has 0 bridgehead atoms. The minimum atomic E-state index is -4.42. The molecule has 0 spiro atoms. The molecule has 0 amide bonds. The summed E-state index contributed by atoms with van der Waals surface area (Å²) in [5.74, 6) is -1.08. The zero-order valence-corrected chi connectivity index (χ0v) is 28.9. The van der Waals surface area contributed by atoms with Crippen molar-refractivity contribution in [3.8, 4) is 0 Å². The highest BCUT2D eigenvalue weighted by Crippen LogP contribution is 2.48. The van der Waals surface area contributed by atoms with Gasteiger partial charge >= 0.3 is 18.1 Å². The van der Waals surface area contributed by atoms with Gasteiger partial charge < -0.3 is 9.47 Å². The van der Waals surface area contributed by atoms with Gasteiger partial charge in [0.1, 0.15) is 12.2 Å². The number of esters is 2. The normalized spacial score (nSPS) is 13.4. The van der Waals surface area contributed by atoms with Gasteiger partial charge in [-0.25, -0.2) is 0 Å². The molecule has 0 saturated heterocycles. The highest BCUT2D eigenvalue weighted by Gasteiger charge is 2.30. The Kier molecular flexibility index (Phi) is 9.30. The lowest BCUT2D eigenvalue weighted by Crippen LogP contribution is -2.16. The second-order valence-electron chi connectivity index (χ2n) is 11.5. The first-order valence-electron chi connectivity index (χ1n) is 15.5. The van der Waals surface area contributed by atoms with Gasteiger partial charge in [-0.3, -0.25) is 9.59 Å². The van der Waals surface area contributed by atoms with E-state index in [1.807, 2.05) is 66.7 Å². The van der Waals surface area contributed by atoms with Crippen molar-refractivity contribution in [2.75, 3.05) is 0 Å². The number of halogens is 3. The van der Waals surface area contributed by atoms with E-state index < -0.39 is 31.1 Å². The number of carbonyl (C=O) groups excluding carboxylic acids is 2. The van der Waals surface area contributed by atoms with E-state index in [9.17, 15) is 22.8 Å². The molecule has 0 aliphatic heterocycles. The molecule has 4 aromatic heterocycles. The number of fused-ring (bicyclic) bond motifs is 6. The number of carbonyl (C=O) groups is 2. The number of ether oxygens (including phenoxy) is 2. The number of benzene rings is 3. The highest BCUT2D eigenvalue weighted by atomic mass is 32.1. The molecule has 0 N–H and O–H groups in total. The van der Waals surface area contributed by atoms with Gasteiger partial charge in [-0.05, 0) is 35.4 Å². The van der Waals surface area contributed by atoms with Crippen molar-refractivity contribution in [2.45, 2.75) is 57.4 Å². The maximum atomic E-state index is 12.8. The number of thiophene rings is 4. The summed E-state index contributed by atoms with van der Waals surface area (Å²) in [5.41, 5.74) is 2.04. The molecule has 2 unspecified atom stereocenters. The van der Waals surface area contributed by atoms with Crippen LogP contribution in [0.25, 0.3) is 39.0 Å². The fraction of sp³-hybridized carbons (Fsp3) is 0.243. The second kappa shape index (κ2) is 13.6. The molecule has 2 atom stereocenters. The highest BCUT2D eigenvalue weighted by molar-refractivity contribution is 7.34. The van der Waals surface area contributed by atoms with E-state index in [1.54, 1.807) is 40.9 Å². The number of alkyl halides is 3. The third kappa shape index (κ3) is 7.15. The van der Waals surface area contributed by atoms with Crippen LogP contribution in [-0.4, -0.2) is 18.1 Å². The zero-order valence-electron chi connectivity index (χ0n) is 25.7. The molecule has 0 aliphatic rings. The molecule has 11 heteroatoms. The molecule has 7 aromatic rings. The van der Waals surface area contributed by atoms with Crippen LogP contribution in [0.3, 0.4) is 0 Å². The zero-order chi connectivity index (χ0) is 33.4. The Morgan fingerprint density at radius 2 is 1.10 bits per heavy atom. The van der Waals surface area contributed by atoms with Crippen LogP contribution >= 0.6 is 45.3 Å². The van der Waals surface area contributed by atoms with E-state index >= 15 is 0 Å². The van der Waals surface area contributed by atoms with E-state index in [0.717, 1.165) is 55.2 Å². The number of hydrogen-bond donors (Lipinski definition) is 0. The topological polar surface area (TPSA) is 52.6 Å². The van der Waals surface area contributed by atoms with Gasteiger partial charge in [0.05, 0.1) is 22.2 Å². The summed E-state index contributed by atoms with van der Waals surface area (Å²) >= 11 is 6.56. The molecule has 246 valence electrons. The van der Waals surface area contributed by atoms with E-state index in [2.05, 4.69) is 18.2 Å². The molecule has 0 fully saturated rings. The van der Waals surface area contributed by atoms with E-state index in [1.165, 1.54) is 16.0 Å². The summed E-state index contributed by atoms with van der Waals surface area (Å²) in [6, 6.07) is 28.1. The third-order valence-electron chi connectivity index (χ3n) is 8.06. The van der Waals surface area contributed by atoms with Crippen molar-refractivity contribution >= 4 is 96.3 Å². The van der Waals surface area contributed by atoms with Gasteiger partial charge in [0, 0.05) is 58.6 Å². The van der Waals surface area contributed by atoms with Crippen LogP contribution in [0.4, 0.5) is 13.2 Å². The van der Waals surface area contributed by atoms with Crippen LogP contribution in [0.5, 0.6) is 0 Å². The van der Waals surface area contributed by atoms with Crippen LogP contribution in [0.2, 0.25) is 0 Å². The van der Waals surface area contributed by atoms with E-state index in [-0.39, 0.29) is 12.1 Å². The van der Waals surface area contributed by atoms with Gasteiger partial charge in [0.25, 0.3) is 0 Å². The van der Waals surface area contributed by atoms with Gasteiger partial charge in [0.2, 0.25) is 0 Å². The molecular weight excluding hydrogens is 694 g/mol. The van der Waals surface area contributed by atoms with Crippen LogP contribution in [0, 0.1) is 0 Å². The largest absolute Gasteiger partial charge is 0.456 e. The average molecular weight is 723 g/mol. The summed E-state index contributed by atoms with van der Waals surface area (Å²) < 4.78 is 56.7. The second-order valence-corrected chi connectivity index (χ2v) is 15.9. The Labute approximate surface area is 290 Å². The first kappa shape index (κ1) is 32.8. The van der Waals surface area contributed by atoms with Crippen molar-refractivity contribution < 1.29 is 32.2 Å². The Hall–Kier alpha value is -3.77. The monoisotopic (exact) mass is 722 g/mol. The predicted octanol–water partition coefficient (Wildman–Crippen LogP) is 12.0. The fourth-order valence-corrected chi connectivity index (χ4v) is 10.9. The van der Waals surface area contributed by atoms with Gasteiger partial charge in [0.15, 0.2) is 0 Å². The molecule has 4 nitrogen and oxygen atoms in total. The number of hydrogen-bond acceptors (Lipinski definition) is 8. The number of rotatable bonds is 11. The Morgan fingerprint density at radius 1 is 0.646 bits per heavy atom. The lowest BCUT2D eigenvalue weighted by molar-refractivity contribution is -0.161. The molecule has 4 heterocycles. The molecular formula is C37H29F3O4S4. The predicted molar refractivity (Wildman–Crippen MR) is 192 cm³/mol. The summed E-state index contributed by atoms with van der Waals surface area (Å²) in [6.07, 6.45) is -6.09. The first-order valence-corrected chi connectivity index (χ1v) is 18.8. The maximum absolute atomic E-state index is 12.8. The summed E-state index contributed by atoms with van der Waals surface area (Å²) in [6.45, 7) is 1.80. The first-order chi connectivity index (χ1) is 23.1. The van der Waals surface area contributed by atoms with Crippen LogP contribution in [-0.2, 0) is 31.9 Å². The summed E-state index contributed by atoms with van der Waals surface area (Å²) in [5, 5.41) is 2.27. The minimum absolute atomic E-state index is 0.223.